The Morgan fingerprint density at radius 1 is 1.33 bits per heavy atom. The van der Waals surface area contributed by atoms with Crippen LogP contribution in [0.5, 0.6) is 0 Å². The van der Waals surface area contributed by atoms with E-state index in [0.29, 0.717) is 0 Å². The largest absolute Gasteiger partial charge is 0.350 e. The fraction of sp³-hybridized carbons (Fsp3) is 0. The van der Waals surface area contributed by atoms with Gasteiger partial charge in [-0.1, -0.05) is 0 Å². The lowest BCUT2D eigenvalue weighted by Gasteiger charge is -1.92. The molecular weight excluding hydrogens is 158 g/mol. The van der Waals surface area contributed by atoms with E-state index in [9.17, 15) is 4.79 Å². The van der Waals surface area contributed by atoms with Gasteiger partial charge in [0.15, 0.2) is 0 Å². The number of aromatic nitrogens is 5. The molecule has 0 aliphatic rings. The second-order valence-electron chi connectivity index (χ2n) is 2.05. The van der Waals surface area contributed by atoms with Crippen LogP contribution in [0.4, 0.5) is 0 Å². The van der Waals surface area contributed by atoms with E-state index in [1.165, 1.54) is 6.33 Å². The van der Waals surface area contributed by atoms with Crippen LogP contribution >= 0.6 is 0 Å². The minimum Gasteiger partial charge on any atom is -0.295 e. The highest BCUT2D eigenvalue weighted by atomic mass is 16.2. The zero-order valence-electron chi connectivity index (χ0n) is 6.01. The SMILES string of the molecule is O=c1[nH]cnn1-c1ncccn1. The number of aromatic amines is 1. The Balaban J connectivity index is 2.59. The molecule has 0 fully saturated rings. The van der Waals surface area contributed by atoms with E-state index in [2.05, 4.69) is 20.1 Å². The average molecular weight is 163 g/mol. The summed E-state index contributed by atoms with van der Waals surface area (Å²) in [5, 5.41) is 3.71. The third-order valence-corrected chi connectivity index (χ3v) is 1.30. The summed E-state index contributed by atoms with van der Waals surface area (Å²) >= 11 is 0. The molecular formula is C6H5N5O. The van der Waals surface area contributed by atoms with E-state index in [4.69, 9.17) is 0 Å². The predicted octanol–water partition coefficient (Wildman–Crippen LogP) is -0.649. The Hall–Kier alpha value is -1.98. The summed E-state index contributed by atoms with van der Waals surface area (Å²) < 4.78 is 1.08. The smallest absolute Gasteiger partial charge is 0.295 e. The zero-order valence-corrected chi connectivity index (χ0v) is 6.01. The molecule has 12 heavy (non-hydrogen) atoms. The normalized spacial score (nSPS) is 10.0. The van der Waals surface area contributed by atoms with E-state index in [1.807, 2.05) is 0 Å². The Morgan fingerprint density at radius 3 is 2.67 bits per heavy atom. The van der Waals surface area contributed by atoms with Crippen LogP contribution in [-0.4, -0.2) is 24.7 Å². The Morgan fingerprint density at radius 2 is 2.08 bits per heavy atom. The molecule has 0 bridgehead atoms. The molecule has 2 aromatic rings. The van der Waals surface area contributed by atoms with Gasteiger partial charge in [-0.2, -0.15) is 5.10 Å². The predicted molar refractivity (Wildman–Crippen MR) is 39.8 cm³/mol. The molecule has 0 saturated heterocycles. The molecule has 0 aliphatic carbocycles. The number of nitrogens with one attached hydrogen (secondary N) is 1. The van der Waals surface area contributed by atoms with Crippen LogP contribution in [0.25, 0.3) is 5.95 Å². The van der Waals surface area contributed by atoms with E-state index < -0.39 is 0 Å². The maximum atomic E-state index is 11.0. The van der Waals surface area contributed by atoms with Crippen molar-refractivity contribution in [1.82, 2.24) is 24.7 Å². The monoisotopic (exact) mass is 163 g/mol. The minimum atomic E-state index is -0.346. The molecule has 2 heterocycles. The summed E-state index contributed by atoms with van der Waals surface area (Å²) in [7, 11) is 0. The van der Waals surface area contributed by atoms with Crippen molar-refractivity contribution in [2.45, 2.75) is 0 Å². The van der Waals surface area contributed by atoms with Gasteiger partial charge in [0.05, 0.1) is 0 Å². The van der Waals surface area contributed by atoms with E-state index >= 15 is 0 Å². The lowest BCUT2D eigenvalue weighted by atomic mass is 10.7. The molecule has 0 unspecified atom stereocenters. The molecule has 0 radical (unpaired) electrons. The van der Waals surface area contributed by atoms with Crippen molar-refractivity contribution < 1.29 is 0 Å². The summed E-state index contributed by atoms with van der Waals surface area (Å²) in [4.78, 5) is 21.1. The lowest BCUT2D eigenvalue weighted by molar-refractivity contribution is 0.778. The van der Waals surface area contributed by atoms with Gasteiger partial charge < -0.3 is 0 Å². The highest BCUT2D eigenvalue weighted by Crippen LogP contribution is 1.88. The fourth-order valence-electron chi connectivity index (χ4n) is 0.798. The molecule has 6 heteroatoms. The Kier molecular flexibility index (Phi) is 1.44. The Labute approximate surface area is 66.9 Å². The standard InChI is InChI=1S/C6H5N5O/c12-6-9-4-10-11(6)5-7-2-1-3-8-5/h1-4H,(H,9,10,12). The zero-order chi connectivity index (χ0) is 8.39. The maximum absolute atomic E-state index is 11.0. The Bertz CT molecular complexity index is 417. The van der Waals surface area contributed by atoms with Gasteiger partial charge in [-0.25, -0.2) is 14.8 Å². The van der Waals surface area contributed by atoms with Crippen LogP contribution in [0, 0.1) is 0 Å². The van der Waals surface area contributed by atoms with E-state index in [-0.39, 0.29) is 11.6 Å². The maximum Gasteiger partial charge on any atom is 0.350 e. The van der Waals surface area contributed by atoms with Gasteiger partial charge in [-0.15, -0.1) is 4.68 Å². The molecule has 2 rings (SSSR count). The van der Waals surface area contributed by atoms with Crippen molar-refractivity contribution in [1.29, 1.82) is 0 Å². The molecule has 6 nitrogen and oxygen atoms in total. The first-order chi connectivity index (χ1) is 5.88. The second-order valence-corrected chi connectivity index (χ2v) is 2.05. The van der Waals surface area contributed by atoms with Crippen molar-refractivity contribution in [2.75, 3.05) is 0 Å². The fourth-order valence-corrected chi connectivity index (χ4v) is 0.798. The van der Waals surface area contributed by atoms with Crippen LogP contribution < -0.4 is 5.69 Å². The van der Waals surface area contributed by atoms with Crippen molar-refractivity contribution in [3.05, 3.63) is 35.3 Å². The molecule has 0 atom stereocenters. The van der Waals surface area contributed by atoms with Gasteiger partial charge in [0, 0.05) is 12.4 Å². The average Bonchev–Trinajstić information content (AvgIpc) is 2.53. The molecule has 0 amide bonds. The third kappa shape index (κ3) is 0.986. The molecule has 1 N–H and O–H groups in total. The number of hydrogen-bond acceptors (Lipinski definition) is 4. The van der Waals surface area contributed by atoms with Gasteiger partial charge in [-0.05, 0) is 6.07 Å². The number of H-pyrrole nitrogens is 1. The van der Waals surface area contributed by atoms with E-state index in [0.717, 1.165) is 4.68 Å². The molecule has 60 valence electrons. The molecule has 0 aliphatic heterocycles. The van der Waals surface area contributed by atoms with Crippen molar-refractivity contribution in [2.24, 2.45) is 0 Å². The second kappa shape index (κ2) is 2.57. The molecule has 2 aromatic heterocycles. The van der Waals surface area contributed by atoms with E-state index in [1.54, 1.807) is 18.5 Å². The summed E-state index contributed by atoms with van der Waals surface area (Å²) in [6.07, 6.45) is 4.38. The quantitative estimate of drug-likeness (QED) is 0.606. The van der Waals surface area contributed by atoms with Crippen LogP contribution in [0.2, 0.25) is 0 Å². The number of rotatable bonds is 1. The molecule has 0 aromatic carbocycles. The number of hydrogen-bond donors (Lipinski definition) is 1. The lowest BCUT2D eigenvalue weighted by Crippen LogP contribution is -2.18. The topological polar surface area (TPSA) is 76.5 Å². The summed E-state index contributed by atoms with van der Waals surface area (Å²) in [6, 6.07) is 1.67. The van der Waals surface area contributed by atoms with Crippen LogP contribution in [0.15, 0.2) is 29.6 Å². The molecule has 0 saturated carbocycles. The molecule has 0 spiro atoms. The first kappa shape index (κ1) is 6.71. The highest BCUT2D eigenvalue weighted by molar-refractivity contribution is 5.04. The van der Waals surface area contributed by atoms with Crippen LogP contribution in [0.1, 0.15) is 0 Å². The van der Waals surface area contributed by atoms with Crippen molar-refractivity contribution >= 4 is 0 Å². The first-order valence-electron chi connectivity index (χ1n) is 3.28. The third-order valence-electron chi connectivity index (χ3n) is 1.30. The van der Waals surface area contributed by atoms with Gasteiger partial charge in [0.2, 0.25) is 0 Å². The summed E-state index contributed by atoms with van der Waals surface area (Å²) in [5.41, 5.74) is -0.346. The first-order valence-corrected chi connectivity index (χ1v) is 3.28. The van der Waals surface area contributed by atoms with Crippen molar-refractivity contribution in [3.8, 4) is 5.95 Å². The van der Waals surface area contributed by atoms with Gasteiger partial charge >= 0.3 is 5.69 Å². The number of nitrogens with zero attached hydrogens (tertiary/aromatic N) is 4. The van der Waals surface area contributed by atoms with Gasteiger partial charge in [0.25, 0.3) is 5.95 Å². The minimum absolute atomic E-state index is 0.267. The summed E-state index contributed by atoms with van der Waals surface area (Å²) in [6.45, 7) is 0. The van der Waals surface area contributed by atoms with Crippen LogP contribution in [0.3, 0.4) is 0 Å². The van der Waals surface area contributed by atoms with Gasteiger partial charge in [-0.3, -0.25) is 4.98 Å². The van der Waals surface area contributed by atoms with Crippen LogP contribution in [-0.2, 0) is 0 Å². The van der Waals surface area contributed by atoms with Crippen molar-refractivity contribution in [3.63, 3.8) is 0 Å². The van der Waals surface area contributed by atoms with Gasteiger partial charge in [0.1, 0.15) is 6.33 Å². The summed E-state index contributed by atoms with van der Waals surface area (Å²) in [5.74, 6) is 0.267. The highest BCUT2D eigenvalue weighted by Gasteiger charge is 2.01.